The minimum atomic E-state index is -4.49. The Labute approximate surface area is 188 Å². The predicted octanol–water partition coefficient (Wildman–Crippen LogP) is 4.46. The van der Waals surface area contributed by atoms with Crippen LogP contribution in [-0.4, -0.2) is 23.2 Å². The summed E-state index contributed by atoms with van der Waals surface area (Å²) < 4.78 is 61.4. The molecule has 1 aliphatic heterocycles. The number of rotatable bonds is 5. The number of carbonyl (C=O) groups excluding carboxylic acids is 2. The normalized spacial score (nSPS) is 15.3. The van der Waals surface area contributed by atoms with Crippen molar-refractivity contribution in [3.05, 3.63) is 78.1 Å². The van der Waals surface area contributed by atoms with Gasteiger partial charge in [0.2, 0.25) is 0 Å². The van der Waals surface area contributed by atoms with E-state index in [1.54, 1.807) is 12.1 Å². The first kappa shape index (κ1) is 22.8. The lowest BCUT2D eigenvalue weighted by molar-refractivity contribution is -0.461. The van der Waals surface area contributed by atoms with E-state index in [4.69, 9.17) is 4.84 Å². The molecule has 2 heterocycles. The van der Waals surface area contributed by atoms with Crippen LogP contribution in [-0.2, 0) is 10.8 Å². The molecule has 0 fully saturated rings. The molecule has 3 aromatic rings. The average Bonchev–Trinajstić information content (AvgIpc) is 2.77. The Morgan fingerprint density at radius 3 is 2.41 bits per heavy atom. The molecule has 4 rings (SSSR count). The Bertz CT molecular complexity index is 1230. The fourth-order valence-corrected chi connectivity index (χ4v) is 2.86. The van der Waals surface area contributed by atoms with Gasteiger partial charge in [-0.3, -0.25) is 9.78 Å². The summed E-state index contributed by atoms with van der Waals surface area (Å²) in [5.74, 6) is -1.21. The van der Waals surface area contributed by atoms with Crippen molar-refractivity contribution >= 4 is 23.3 Å². The van der Waals surface area contributed by atoms with Crippen LogP contribution < -0.4 is 25.7 Å². The second kappa shape index (κ2) is 8.86. The number of pyridine rings is 1. The van der Waals surface area contributed by atoms with Crippen LogP contribution in [0, 0.1) is 0 Å². The standard InChI is InChI=1S/C21H14F4N4O5/c22-20(23)15-11-13(7-8-17(15)32-21(24,25)34-20)28-19(31)27-12-4-3-5-14(10-12)33-29-18(30)16-6-1-2-9-26-16/h1-11H,(H,29,30)(H2,27,28,31). The van der Waals surface area contributed by atoms with Crippen LogP contribution in [0.5, 0.6) is 11.5 Å². The molecule has 1 aliphatic rings. The molecule has 0 atom stereocenters. The maximum Gasteiger partial charge on any atom is 0.540 e. The number of hydroxylamine groups is 1. The SMILES string of the molecule is O=C(Nc1cccc(ONC(=O)c2ccccn2)c1)Nc1ccc2c(c1)C(F)(F)OC(F)(F)O2. The van der Waals surface area contributed by atoms with Gasteiger partial charge < -0.3 is 20.2 Å². The predicted molar refractivity (Wildman–Crippen MR) is 108 cm³/mol. The summed E-state index contributed by atoms with van der Waals surface area (Å²) >= 11 is 0. The molecule has 0 saturated carbocycles. The van der Waals surface area contributed by atoms with E-state index < -0.39 is 35.7 Å². The molecule has 2 aromatic carbocycles. The minimum absolute atomic E-state index is 0.131. The number of fused-ring (bicyclic) bond motifs is 1. The molecule has 0 bridgehead atoms. The summed E-state index contributed by atoms with van der Waals surface area (Å²) in [5, 5.41) is 4.73. The summed E-state index contributed by atoms with van der Waals surface area (Å²) in [6.45, 7) is 0. The van der Waals surface area contributed by atoms with Gasteiger partial charge in [0.05, 0.1) is 5.56 Å². The number of halogens is 4. The molecule has 0 radical (unpaired) electrons. The molecule has 1 aromatic heterocycles. The maximum absolute atomic E-state index is 13.9. The van der Waals surface area contributed by atoms with Crippen LogP contribution in [0.1, 0.15) is 16.1 Å². The summed E-state index contributed by atoms with van der Waals surface area (Å²) in [7, 11) is 0. The maximum atomic E-state index is 13.9. The second-order valence-electron chi connectivity index (χ2n) is 6.75. The number of hydrogen-bond acceptors (Lipinski definition) is 6. The Balaban J connectivity index is 1.38. The molecule has 0 aliphatic carbocycles. The van der Waals surface area contributed by atoms with Crippen molar-refractivity contribution in [2.45, 2.75) is 12.4 Å². The molecule has 13 heteroatoms. The van der Waals surface area contributed by atoms with Gasteiger partial charge in [0.25, 0.3) is 0 Å². The van der Waals surface area contributed by atoms with Gasteiger partial charge in [0, 0.05) is 23.6 Å². The molecule has 0 saturated heterocycles. The first-order valence-electron chi connectivity index (χ1n) is 9.47. The number of benzene rings is 2. The van der Waals surface area contributed by atoms with Crippen molar-refractivity contribution in [3.63, 3.8) is 0 Å². The van der Waals surface area contributed by atoms with Gasteiger partial charge in [-0.1, -0.05) is 12.1 Å². The smallest absolute Gasteiger partial charge is 0.409 e. The van der Waals surface area contributed by atoms with E-state index in [0.29, 0.717) is 0 Å². The first-order chi connectivity index (χ1) is 16.1. The van der Waals surface area contributed by atoms with E-state index in [2.05, 4.69) is 30.6 Å². The highest BCUT2D eigenvalue weighted by Gasteiger charge is 2.54. The lowest BCUT2D eigenvalue weighted by Gasteiger charge is -2.30. The van der Waals surface area contributed by atoms with Crippen LogP contribution in [0.15, 0.2) is 66.9 Å². The van der Waals surface area contributed by atoms with Crippen molar-refractivity contribution < 1.29 is 41.5 Å². The monoisotopic (exact) mass is 478 g/mol. The van der Waals surface area contributed by atoms with Crippen LogP contribution in [0.25, 0.3) is 0 Å². The highest BCUT2D eigenvalue weighted by Crippen LogP contribution is 2.46. The van der Waals surface area contributed by atoms with E-state index in [1.807, 2.05) is 0 Å². The molecular weight excluding hydrogens is 464 g/mol. The van der Waals surface area contributed by atoms with E-state index in [0.717, 1.165) is 18.2 Å². The number of urea groups is 1. The van der Waals surface area contributed by atoms with E-state index >= 15 is 0 Å². The fourth-order valence-electron chi connectivity index (χ4n) is 2.86. The number of hydrogen-bond donors (Lipinski definition) is 3. The second-order valence-corrected chi connectivity index (χ2v) is 6.75. The van der Waals surface area contributed by atoms with Crippen LogP contribution in [0.2, 0.25) is 0 Å². The number of alkyl halides is 4. The zero-order chi connectivity index (χ0) is 24.3. The van der Waals surface area contributed by atoms with Crippen molar-refractivity contribution in [1.29, 1.82) is 0 Å². The van der Waals surface area contributed by atoms with Gasteiger partial charge in [-0.05, 0) is 42.5 Å². The van der Waals surface area contributed by atoms with E-state index in [1.165, 1.54) is 36.5 Å². The molecule has 176 valence electrons. The number of nitrogens with zero attached hydrogens (tertiary/aromatic N) is 1. The zero-order valence-electron chi connectivity index (χ0n) is 16.9. The van der Waals surface area contributed by atoms with Gasteiger partial charge in [0.1, 0.15) is 11.4 Å². The molecule has 34 heavy (non-hydrogen) atoms. The summed E-state index contributed by atoms with van der Waals surface area (Å²) in [5.41, 5.74) is 1.45. The van der Waals surface area contributed by atoms with Gasteiger partial charge in [0.15, 0.2) is 5.75 Å². The number of ether oxygens (including phenoxy) is 2. The molecule has 0 spiro atoms. The molecular formula is C21H14F4N4O5. The number of carbonyl (C=O) groups is 2. The summed E-state index contributed by atoms with van der Waals surface area (Å²) in [6, 6.07) is 12.5. The summed E-state index contributed by atoms with van der Waals surface area (Å²) in [6.07, 6.45) is -7.39. The van der Waals surface area contributed by atoms with E-state index in [9.17, 15) is 27.2 Å². The van der Waals surface area contributed by atoms with Crippen LogP contribution in [0.4, 0.5) is 33.7 Å². The van der Waals surface area contributed by atoms with Crippen molar-refractivity contribution in [3.8, 4) is 11.5 Å². The third kappa shape index (κ3) is 5.32. The molecule has 0 unspecified atom stereocenters. The third-order valence-corrected chi connectivity index (χ3v) is 4.28. The Morgan fingerprint density at radius 1 is 0.912 bits per heavy atom. The Morgan fingerprint density at radius 2 is 1.68 bits per heavy atom. The van der Waals surface area contributed by atoms with Gasteiger partial charge in [-0.15, -0.1) is 8.78 Å². The van der Waals surface area contributed by atoms with Crippen molar-refractivity contribution in [2.75, 3.05) is 10.6 Å². The fraction of sp³-hybridized carbons (Fsp3) is 0.0952. The largest absolute Gasteiger partial charge is 0.540 e. The highest BCUT2D eigenvalue weighted by atomic mass is 19.3. The summed E-state index contributed by atoms with van der Waals surface area (Å²) in [4.78, 5) is 33.3. The van der Waals surface area contributed by atoms with Crippen LogP contribution >= 0.6 is 0 Å². The Kier molecular flexibility index (Phi) is 5.94. The van der Waals surface area contributed by atoms with Gasteiger partial charge >= 0.3 is 24.3 Å². The lowest BCUT2D eigenvalue weighted by atomic mass is 10.1. The van der Waals surface area contributed by atoms with Crippen molar-refractivity contribution in [1.82, 2.24) is 10.5 Å². The van der Waals surface area contributed by atoms with Crippen molar-refractivity contribution in [2.24, 2.45) is 0 Å². The quantitative estimate of drug-likeness (QED) is 0.369. The molecule has 9 nitrogen and oxygen atoms in total. The first-order valence-corrected chi connectivity index (χ1v) is 9.47. The average molecular weight is 478 g/mol. The lowest BCUT2D eigenvalue weighted by Crippen LogP contribution is -2.41. The van der Waals surface area contributed by atoms with Gasteiger partial charge in [-0.25, -0.2) is 9.53 Å². The zero-order valence-corrected chi connectivity index (χ0v) is 16.9. The molecule has 3 amide bonds. The topological polar surface area (TPSA) is 111 Å². The Hall–Kier alpha value is -4.39. The minimum Gasteiger partial charge on any atom is -0.409 e. The van der Waals surface area contributed by atoms with Gasteiger partial charge in [-0.2, -0.15) is 14.3 Å². The van der Waals surface area contributed by atoms with Crippen LogP contribution in [0.3, 0.4) is 0 Å². The third-order valence-electron chi connectivity index (χ3n) is 4.28. The number of anilines is 2. The number of aromatic nitrogens is 1. The number of amides is 3. The number of nitrogens with one attached hydrogen (secondary N) is 3. The molecule has 3 N–H and O–H groups in total. The highest BCUT2D eigenvalue weighted by molar-refractivity contribution is 6.00. The van der Waals surface area contributed by atoms with E-state index in [-0.39, 0.29) is 22.8 Å².